The van der Waals surface area contributed by atoms with Crippen LogP contribution in [0.5, 0.6) is 0 Å². The molecule has 0 fully saturated rings. The number of nitrogens with zero attached hydrogens (tertiary/aromatic N) is 1. The van der Waals surface area contributed by atoms with Gasteiger partial charge in [0.2, 0.25) is 0 Å². The maximum Gasteiger partial charge on any atom is 0.425 e. The average Bonchev–Trinajstić information content (AvgIpc) is 1.98. The van der Waals surface area contributed by atoms with Gasteiger partial charge in [0.05, 0.1) is 6.61 Å². The van der Waals surface area contributed by atoms with Gasteiger partial charge in [0, 0.05) is 0 Å². The number of carbonyl (C=O) groups is 2. The first-order chi connectivity index (χ1) is 6.29. The Morgan fingerprint density at radius 2 is 1.81 bits per heavy atom. The Bertz CT molecular complexity index is 332. The number of hydrogen-bond acceptors (Lipinski definition) is 5. The van der Waals surface area contributed by atoms with Crippen molar-refractivity contribution in [3.63, 3.8) is 0 Å². The van der Waals surface area contributed by atoms with Crippen LogP contribution in [0.25, 0.3) is 0 Å². The Hall–Kier alpha value is -0.770. The highest BCUT2D eigenvalue weighted by Crippen LogP contribution is 1.98. The highest BCUT2D eigenvalue weighted by molar-refractivity contribution is 7.87. The molecule has 0 heterocycles. The van der Waals surface area contributed by atoms with Crippen molar-refractivity contribution in [1.82, 2.24) is 4.31 Å². The summed E-state index contributed by atoms with van der Waals surface area (Å²) >= 11 is 0. The number of nitrogens with two attached hydrogens (primary N) is 1. The molecule has 0 rings (SSSR count). The van der Waals surface area contributed by atoms with Crippen molar-refractivity contribution < 1.29 is 27.9 Å². The minimum atomic E-state index is -4.40. The van der Waals surface area contributed by atoms with Crippen LogP contribution >= 0.6 is 24.8 Å². The fourth-order valence-electron chi connectivity index (χ4n) is 0.577. The van der Waals surface area contributed by atoms with Gasteiger partial charge >= 0.3 is 22.3 Å². The molecule has 0 atom stereocenters. The molecule has 0 aliphatic heterocycles. The van der Waals surface area contributed by atoms with E-state index in [1.54, 1.807) is 0 Å². The summed E-state index contributed by atoms with van der Waals surface area (Å²) < 4.78 is 25.7. The zero-order valence-corrected chi connectivity index (χ0v) is 10.6. The Morgan fingerprint density at radius 1 is 1.38 bits per heavy atom. The third kappa shape index (κ3) is 7.51. The topological polar surface area (TPSA) is 127 Å². The van der Waals surface area contributed by atoms with E-state index in [1.165, 1.54) is 6.92 Å². The molecule has 0 aromatic carbocycles. The van der Waals surface area contributed by atoms with Gasteiger partial charge < -0.3 is 9.84 Å². The first-order valence-electron chi connectivity index (χ1n) is 3.48. The Labute approximate surface area is 105 Å². The Kier molecular flexibility index (Phi) is 10.8. The lowest BCUT2D eigenvalue weighted by Crippen LogP contribution is -2.44. The fraction of sp³-hybridized carbons (Fsp3) is 0.600. The summed E-state index contributed by atoms with van der Waals surface area (Å²) in [5.74, 6) is -1.51. The van der Waals surface area contributed by atoms with Crippen molar-refractivity contribution in [3.8, 4) is 0 Å². The van der Waals surface area contributed by atoms with E-state index >= 15 is 0 Å². The van der Waals surface area contributed by atoms with Crippen molar-refractivity contribution in [2.45, 2.75) is 6.92 Å². The van der Waals surface area contributed by atoms with E-state index in [2.05, 4.69) is 9.88 Å². The fourth-order valence-corrected chi connectivity index (χ4v) is 1.13. The summed E-state index contributed by atoms with van der Waals surface area (Å²) in [6.07, 6.45) is -1.31. The minimum Gasteiger partial charge on any atom is -0.480 e. The molecule has 0 unspecified atom stereocenters. The molecule has 0 saturated carbocycles. The molecule has 0 bridgehead atoms. The highest BCUT2D eigenvalue weighted by Gasteiger charge is 2.27. The van der Waals surface area contributed by atoms with Crippen molar-refractivity contribution in [2.24, 2.45) is 5.14 Å². The third-order valence-electron chi connectivity index (χ3n) is 1.06. The second-order valence-electron chi connectivity index (χ2n) is 2.14. The molecule has 16 heavy (non-hydrogen) atoms. The largest absolute Gasteiger partial charge is 0.480 e. The molecular formula is C5H12Cl2N2O6S. The van der Waals surface area contributed by atoms with Gasteiger partial charge in [-0.05, 0) is 6.92 Å². The van der Waals surface area contributed by atoms with Crippen molar-refractivity contribution in [3.05, 3.63) is 0 Å². The van der Waals surface area contributed by atoms with Gasteiger partial charge in [0.25, 0.3) is 0 Å². The number of aliphatic carboxylic acids is 1. The number of carbonyl (C=O) groups excluding carboxylic acids is 1. The summed E-state index contributed by atoms with van der Waals surface area (Å²) in [6, 6.07) is 0. The lowest BCUT2D eigenvalue weighted by molar-refractivity contribution is -0.137. The predicted octanol–water partition coefficient (Wildman–Crippen LogP) is -0.423. The SMILES string of the molecule is CCOC(=O)N(CC(=O)O)S(N)(=O)=O.Cl.Cl. The normalized spacial score (nSPS) is 9.38. The van der Waals surface area contributed by atoms with Crippen LogP contribution < -0.4 is 5.14 Å². The molecule has 0 aromatic rings. The molecule has 98 valence electrons. The quantitative estimate of drug-likeness (QED) is 0.725. The van der Waals surface area contributed by atoms with Gasteiger partial charge in [-0.2, -0.15) is 12.7 Å². The van der Waals surface area contributed by atoms with E-state index in [-0.39, 0.29) is 35.7 Å². The Balaban J connectivity index is -0.000000845. The van der Waals surface area contributed by atoms with Crippen LogP contribution in [0.3, 0.4) is 0 Å². The second kappa shape index (κ2) is 8.39. The number of ether oxygens (including phenoxy) is 1. The maximum atomic E-state index is 10.9. The highest BCUT2D eigenvalue weighted by atomic mass is 35.5. The van der Waals surface area contributed by atoms with E-state index in [4.69, 9.17) is 5.11 Å². The third-order valence-corrected chi connectivity index (χ3v) is 1.95. The van der Waals surface area contributed by atoms with Crippen molar-refractivity contribution in [2.75, 3.05) is 13.2 Å². The number of rotatable bonds is 4. The number of halogens is 2. The average molecular weight is 299 g/mol. The van der Waals surface area contributed by atoms with Crippen LogP contribution in [0.1, 0.15) is 6.92 Å². The van der Waals surface area contributed by atoms with Gasteiger partial charge in [-0.15, -0.1) is 24.8 Å². The summed E-state index contributed by atoms with van der Waals surface area (Å²) in [5.41, 5.74) is 0. The predicted molar refractivity (Wildman–Crippen MR) is 59.0 cm³/mol. The monoisotopic (exact) mass is 298 g/mol. The minimum absolute atomic E-state index is 0. The molecule has 1 amide bonds. The van der Waals surface area contributed by atoms with Crippen LogP contribution in [0, 0.1) is 0 Å². The zero-order valence-electron chi connectivity index (χ0n) is 8.15. The first kappa shape index (κ1) is 20.6. The molecule has 3 N–H and O–H groups in total. The van der Waals surface area contributed by atoms with Crippen LogP contribution in [-0.4, -0.2) is 43.0 Å². The van der Waals surface area contributed by atoms with Crippen LogP contribution in [0.2, 0.25) is 0 Å². The second-order valence-corrected chi connectivity index (χ2v) is 3.61. The van der Waals surface area contributed by atoms with Crippen LogP contribution in [0.4, 0.5) is 4.79 Å². The molecule has 0 aromatic heterocycles. The molecule has 11 heteroatoms. The van der Waals surface area contributed by atoms with Gasteiger partial charge in [0.15, 0.2) is 0 Å². The van der Waals surface area contributed by atoms with E-state index in [0.717, 1.165) is 0 Å². The first-order valence-corrected chi connectivity index (χ1v) is 4.98. The van der Waals surface area contributed by atoms with E-state index in [0.29, 0.717) is 0 Å². The summed E-state index contributed by atoms with van der Waals surface area (Å²) in [5, 5.41) is 12.9. The smallest absolute Gasteiger partial charge is 0.425 e. The van der Waals surface area contributed by atoms with Gasteiger partial charge in [-0.1, -0.05) is 0 Å². The summed E-state index contributed by atoms with van der Waals surface area (Å²) in [7, 11) is -4.40. The number of hydrogen-bond donors (Lipinski definition) is 2. The molecule has 0 spiro atoms. The zero-order chi connectivity index (χ0) is 11.4. The standard InChI is InChI=1S/C5H10N2O6S.2ClH/c1-2-13-5(10)7(3-4(8)9)14(6,11)12;;/h2-3H2,1H3,(H,8,9)(H2,6,11,12);2*1H. The van der Waals surface area contributed by atoms with E-state index < -0.39 is 28.8 Å². The number of carboxylic acids is 1. The van der Waals surface area contributed by atoms with Crippen molar-refractivity contribution >= 4 is 47.1 Å². The Morgan fingerprint density at radius 3 is 2.06 bits per heavy atom. The number of carboxylic acid groups (broad SMARTS) is 1. The molecule has 0 saturated heterocycles. The van der Waals surface area contributed by atoms with Crippen LogP contribution in [-0.2, 0) is 19.7 Å². The molecular weight excluding hydrogens is 287 g/mol. The molecule has 0 radical (unpaired) electrons. The van der Waals surface area contributed by atoms with E-state index in [9.17, 15) is 18.0 Å². The summed E-state index contributed by atoms with van der Waals surface area (Å²) in [4.78, 5) is 21.1. The summed E-state index contributed by atoms with van der Waals surface area (Å²) in [6.45, 7) is 0.308. The number of amides is 1. The van der Waals surface area contributed by atoms with Gasteiger partial charge in [-0.3, -0.25) is 4.79 Å². The van der Waals surface area contributed by atoms with E-state index in [1.807, 2.05) is 0 Å². The molecule has 8 nitrogen and oxygen atoms in total. The lowest BCUT2D eigenvalue weighted by atomic mass is 10.7. The van der Waals surface area contributed by atoms with Gasteiger partial charge in [0.1, 0.15) is 6.54 Å². The van der Waals surface area contributed by atoms with Crippen molar-refractivity contribution in [1.29, 1.82) is 0 Å². The van der Waals surface area contributed by atoms with Crippen LogP contribution in [0.15, 0.2) is 0 Å². The van der Waals surface area contributed by atoms with Gasteiger partial charge in [-0.25, -0.2) is 9.93 Å². The molecule has 0 aliphatic carbocycles. The molecule has 0 aliphatic rings. The maximum absolute atomic E-state index is 10.9. The lowest BCUT2D eigenvalue weighted by Gasteiger charge is -2.16.